The van der Waals surface area contributed by atoms with Gasteiger partial charge in [-0.15, -0.1) is 0 Å². The summed E-state index contributed by atoms with van der Waals surface area (Å²) in [6.07, 6.45) is -1.27. The van der Waals surface area contributed by atoms with Crippen LogP contribution in [0.4, 0.5) is 5.82 Å². The summed E-state index contributed by atoms with van der Waals surface area (Å²) in [5.41, 5.74) is 0.485. The highest BCUT2D eigenvalue weighted by atomic mass is 16.5. The fraction of sp³-hybridized carbons (Fsp3) is 0.143. The Labute approximate surface area is 166 Å². The van der Waals surface area contributed by atoms with Crippen molar-refractivity contribution in [2.45, 2.75) is 13.0 Å². The number of hydrogen-bond donors (Lipinski definition) is 1. The largest absolute Gasteiger partial charge is 0.465 e. The molecule has 1 amide bonds. The lowest BCUT2D eigenvalue weighted by Crippen LogP contribution is -2.26. The molecular formula is C21H18N2O6. The zero-order chi connectivity index (χ0) is 20.8. The van der Waals surface area contributed by atoms with Gasteiger partial charge in [0.15, 0.2) is 5.82 Å². The van der Waals surface area contributed by atoms with E-state index in [2.05, 4.69) is 10.5 Å². The summed E-state index contributed by atoms with van der Waals surface area (Å²) < 4.78 is 15.1. The molecule has 0 aliphatic carbocycles. The molecular weight excluding hydrogens is 376 g/mol. The van der Waals surface area contributed by atoms with Gasteiger partial charge in [0.1, 0.15) is 5.76 Å². The van der Waals surface area contributed by atoms with E-state index >= 15 is 0 Å². The molecule has 0 saturated carbocycles. The molecule has 0 fully saturated rings. The predicted octanol–water partition coefficient (Wildman–Crippen LogP) is 3.31. The first-order valence-corrected chi connectivity index (χ1v) is 8.67. The molecule has 1 aromatic heterocycles. The summed E-state index contributed by atoms with van der Waals surface area (Å²) in [6.45, 7) is 1.68. The Morgan fingerprint density at radius 1 is 0.966 bits per heavy atom. The number of esters is 2. The molecule has 3 rings (SSSR count). The van der Waals surface area contributed by atoms with Gasteiger partial charge < -0.3 is 19.3 Å². The van der Waals surface area contributed by atoms with Gasteiger partial charge >= 0.3 is 11.9 Å². The van der Waals surface area contributed by atoms with Crippen molar-refractivity contribution >= 4 is 23.7 Å². The quantitative estimate of drug-likeness (QED) is 0.639. The molecule has 3 aromatic rings. The number of anilines is 1. The molecule has 1 N–H and O–H groups in total. The summed E-state index contributed by atoms with van der Waals surface area (Å²) in [5.74, 6) is -1.43. The third-order valence-electron chi connectivity index (χ3n) is 4.00. The predicted molar refractivity (Wildman–Crippen MR) is 102 cm³/mol. The molecule has 1 unspecified atom stereocenters. The van der Waals surface area contributed by atoms with Crippen LogP contribution in [0.3, 0.4) is 0 Å². The molecule has 2 aromatic carbocycles. The lowest BCUT2D eigenvalue weighted by Gasteiger charge is -2.18. The molecule has 0 bridgehead atoms. The van der Waals surface area contributed by atoms with Gasteiger partial charge in [0, 0.05) is 11.6 Å². The van der Waals surface area contributed by atoms with Gasteiger partial charge in [-0.1, -0.05) is 47.6 Å². The smallest absolute Gasteiger partial charge is 0.340 e. The van der Waals surface area contributed by atoms with Crippen molar-refractivity contribution in [2.75, 3.05) is 12.4 Å². The number of carbonyl (C=O) groups excluding carboxylic acids is 3. The van der Waals surface area contributed by atoms with Gasteiger partial charge in [0.05, 0.1) is 18.2 Å². The summed E-state index contributed by atoms with van der Waals surface area (Å²) >= 11 is 0. The molecule has 0 radical (unpaired) electrons. The third-order valence-corrected chi connectivity index (χ3v) is 4.00. The van der Waals surface area contributed by atoms with Crippen molar-refractivity contribution in [2.24, 2.45) is 0 Å². The van der Waals surface area contributed by atoms with Crippen molar-refractivity contribution < 1.29 is 28.4 Å². The lowest BCUT2D eigenvalue weighted by atomic mass is 10.1. The number of aryl methyl sites for hydroxylation is 1. The Balaban J connectivity index is 1.89. The molecule has 8 nitrogen and oxygen atoms in total. The maximum atomic E-state index is 12.8. The normalized spacial score (nSPS) is 11.4. The highest BCUT2D eigenvalue weighted by Gasteiger charge is 2.28. The van der Waals surface area contributed by atoms with Gasteiger partial charge in [-0.3, -0.25) is 4.79 Å². The standard InChI is InChI=1S/C21H18N2O6/c1-13-12-17(23-29-13)22-19(24)18(14-8-4-3-5-9-14)28-21(26)16-11-7-6-10-15(16)20(25)27-2/h3-12,18H,1-2H3,(H,22,23,24). The van der Waals surface area contributed by atoms with E-state index in [0.717, 1.165) is 0 Å². The van der Waals surface area contributed by atoms with Crippen LogP contribution in [0.25, 0.3) is 0 Å². The number of methoxy groups -OCH3 is 1. The van der Waals surface area contributed by atoms with Gasteiger partial charge in [-0.2, -0.15) is 0 Å². The fourth-order valence-electron chi connectivity index (χ4n) is 2.64. The Morgan fingerprint density at radius 3 is 2.17 bits per heavy atom. The van der Waals surface area contributed by atoms with Crippen molar-refractivity contribution in [3.8, 4) is 0 Å². The monoisotopic (exact) mass is 394 g/mol. The Morgan fingerprint density at radius 2 is 1.59 bits per heavy atom. The van der Waals surface area contributed by atoms with Crippen molar-refractivity contribution in [1.29, 1.82) is 0 Å². The highest BCUT2D eigenvalue weighted by molar-refractivity contribution is 6.04. The van der Waals surface area contributed by atoms with E-state index in [4.69, 9.17) is 14.0 Å². The number of aromatic nitrogens is 1. The van der Waals surface area contributed by atoms with Gasteiger partial charge in [0.25, 0.3) is 5.91 Å². The molecule has 29 heavy (non-hydrogen) atoms. The molecule has 1 heterocycles. The minimum atomic E-state index is -1.27. The number of hydrogen-bond acceptors (Lipinski definition) is 7. The van der Waals surface area contributed by atoms with E-state index in [9.17, 15) is 14.4 Å². The van der Waals surface area contributed by atoms with Crippen LogP contribution >= 0.6 is 0 Å². The van der Waals surface area contributed by atoms with E-state index in [-0.39, 0.29) is 16.9 Å². The first-order valence-electron chi connectivity index (χ1n) is 8.67. The van der Waals surface area contributed by atoms with Crippen LogP contribution in [-0.2, 0) is 14.3 Å². The number of nitrogens with one attached hydrogen (secondary N) is 1. The SMILES string of the molecule is COC(=O)c1ccccc1C(=O)OC(C(=O)Nc1cc(C)on1)c1ccccc1. The Kier molecular flexibility index (Phi) is 6.03. The summed E-state index contributed by atoms with van der Waals surface area (Å²) in [4.78, 5) is 37.5. The highest BCUT2D eigenvalue weighted by Crippen LogP contribution is 2.23. The minimum absolute atomic E-state index is 0.00892. The molecule has 8 heteroatoms. The fourth-order valence-corrected chi connectivity index (χ4v) is 2.64. The van der Waals surface area contributed by atoms with Crippen molar-refractivity contribution in [3.63, 3.8) is 0 Å². The van der Waals surface area contributed by atoms with Crippen LogP contribution in [0.5, 0.6) is 0 Å². The summed E-state index contributed by atoms with van der Waals surface area (Å²) in [6, 6.07) is 16.1. The van der Waals surface area contributed by atoms with E-state index in [1.807, 2.05) is 0 Å². The number of carbonyl (C=O) groups is 3. The number of rotatable bonds is 6. The van der Waals surface area contributed by atoms with Crippen LogP contribution in [0.1, 0.15) is 38.1 Å². The number of ether oxygens (including phenoxy) is 2. The minimum Gasteiger partial charge on any atom is -0.465 e. The Bertz CT molecular complexity index is 1030. The second-order valence-electron chi connectivity index (χ2n) is 6.05. The van der Waals surface area contributed by atoms with Crippen molar-refractivity contribution in [3.05, 3.63) is 83.1 Å². The van der Waals surface area contributed by atoms with E-state index in [1.165, 1.54) is 25.3 Å². The maximum Gasteiger partial charge on any atom is 0.340 e. The molecule has 1 atom stereocenters. The summed E-state index contributed by atoms with van der Waals surface area (Å²) in [5, 5.41) is 6.26. The number of nitrogens with zero attached hydrogens (tertiary/aromatic N) is 1. The topological polar surface area (TPSA) is 108 Å². The molecule has 0 spiro atoms. The van der Waals surface area contributed by atoms with Gasteiger partial charge in [0.2, 0.25) is 6.10 Å². The molecule has 0 aliphatic heterocycles. The third kappa shape index (κ3) is 4.67. The zero-order valence-electron chi connectivity index (χ0n) is 15.7. The second-order valence-corrected chi connectivity index (χ2v) is 6.05. The van der Waals surface area contributed by atoms with E-state index in [0.29, 0.717) is 11.3 Å². The van der Waals surface area contributed by atoms with Crippen molar-refractivity contribution in [1.82, 2.24) is 5.16 Å². The maximum absolute atomic E-state index is 12.8. The molecule has 148 valence electrons. The lowest BCUT2D eigenvalue weighted by molar-refractivity contribution is -0.125. The summed E-state index contributed by atoms with van der Waals surface area (Å²) in [7, 11) is 1.21. The average Bonchev–Trinajstić information content (AvgIpc) is 3.16. The Hall–Kier alpha value is -3.94. The van der Waals surface area contributed by atoms with Gasteiger partial charge in [-0.05, 0) is 19.1 Å². The first-order chi connectivity index (χ1) is 14.0. The van der Waals surface area contributed by atoms with Crippen LogP contribution in [0, 0.1) is 6.92 Å². The average molecular weight is 394 g/mol. The van der Waals surface area contributed by atoms with Crippen LogP contribution < -0.4 is 5.32 Å². The van der Waals surface area contributed by atoms with Gasteiger partial charge in [-0.25, -0.2) is 9.59 Å². The first kappa shape index (κ1) is 19.8. The molecule has 0 aliphatic rings. The number of amides is 1. The van der Waals surface area contributed by atoms with Crippen LogP contribution in [0.15, 0.2) is 65.2 Å². The van der Waals surface area contributed by atoms with E-state index in [1.54, 1.807) is 49.4 Å². The van der Waals surface area contributed by atoms with Crippen LogP contribution in [0.2, 0.25) is 0 Å². The zero-order valence-corrected chi connectivity index (χ0v) is 15.7. The van der Waals surface area contributed by atoms with Crippen LogP contribution in [-0.4, -0.2) is 30.1 Å². The number of benzene rings is 2. The second kappa shape index (κ2) is 8.83. The molecule has 0 saturated heterocycles. The van der Waals surface area contributed by atoms with E-state index < -0.39 is 23.9 Å².